The number of carbonyl (C=O) groups excluding carboxylic acids is 2. The van der Waals surface area contributed by atoms with E-state index in [0.29, 0.717) is 24.1 Å². The van der Waals surface area contributed by atoms with Crippen LogP contribution in [0.25, 0.3) is 0 Å². The van der Waals surface area contributed by atoms with Crippen molar-refractivity contribution in [3.63, 3.8) is 0 Å². The Morgan fingerprint density at radius 1 is 0.489 bits per heavy atom. The van der Waals surface area contributed by atoms with Gasteiger partial charge in [0, 0.05) is 6.42 Å². The Morgan fingerprint density at radius 2 is 0.822 bits per heavy atom. The Morgan fingerprint density at radius 3 is 1.18 bits per heavy atom. The molecule has 0 rings (SSSR count). The summed E-state index contributed by atoms with van der Waals surface area (Å²) in [6.45, 7) is 5.63. The number of nitrogens with zero attached hydrogens (tertiary/aromatic N) is 1. The molecule has 6 heteroatoms. The van der Waals surface area contributed by atoms with Gasteiger partial charge >= 0.3 is 11.9 Å². The SMILES string of the molecule is CCCCCCCCCCCCCCCCOC(=O)CC(C[N+](C)(C)C)OC(=O)CCCCCCCCCCCCCCC.[Br-]. The molecule has 5 nitrogen and oxygen atoms in total. The monoisotopic (exact) mass is 704 g/mol. The first-order valence-electron chi connectivity index (χ1n) is 19.4. The van der Waals surface area contributed by atoms with Gasteiger partial charge in [0.1, 0.15) is 6.54 Å². The summed E-state index contributed by atoms with van der Waals surface area (Å²) in [5.74, 6) is -0.418. The first kappa shape index (κ1) is 46.5. The van der Waals surface area contributed by atoms with Crippen LogP contribution in [-0.2, 0) is 19.1 Å². The molecule has 0 aliphatic carbocycles. The summed E-state index contributed by atoms with van der Waals surface area (Å²) in [5.41, 5.74) is 0. The van der Waals surface area contributed by atoms with Crippen LogP contribution >= 0.6 is 0 Å². The number of halogens is 1. The van der Waals surface area contributed by atoms with Crippen LogP contribution < -0.4 is 17.0 Å². The standard InChI is InChI=1S/C39H78NO4.BrH/c1-6-8-10-12-14-16-18-20-22-24-26-28-30-32-34-43-39(42)35-37(36-40(3,4)5)44-38(41)33-31-29-27-25-23-21-19-17-15-13-11-9-7-2;/h37H,6-36H2,1-5H3;1H/q+1;/p-1. The molecular formula is C39H78BrNO4. The van der Waals surface area contributed by atoms with Crippen molar-refractivity contribution in [2.75, 3.05) is 34.3 Å². The highest BCUT2D eigenvalue weighted by Crippen LogP contribution is 2.15. The van der Waals surface area contributed by atoms with E-state index < -0.39 is 6.10 Å². The van der Waals surface area contributed by atoms with Gasteiger partial charge in [-0.05, 0) is 12.8 Å². The molecule has 0 aliphatic heterocycles. The van der Waals surface area contributed by atoms with Crippen molar-refractivity contribution < 1.29 is 40.5 Å². The summed E-state index contributed by atoms with van der Waals surface area (Å²) in [6.07, 6.45) is 35.3. The van der Waals surface area contributed by atoms with Crippen molar-refractivity contribution in [2.45, 2.75) is 206 Å². The molecule has 45 heavy (non-hydrogen) atoms. The Hall–Kier alpha value is -0.620. The predicted octanol–water partition coefficient (Wildman–Crippen LogP) is 8.50. The molecule has 0 aromatic rings. The topological polar surface area (TPSA) is 52.6 Å². The molecule has 0 bridgehead atoms. The van der Waals surface area contributed by atoms with Crippen LogP contribution in [0.2, 0.25) is 0 Å². The Kier molecular flexibility index (Phi) is 35.9. The quantitative estimate of drug-likeness (QED) is 0.0383. The number of hydrogen-bond donors (Lipinski definition) is 0. The zero-order chi connectivity index (χ0) is 32.6. The normalized spacial score (nSPS) is 12.1. The fourth-order valence-electron chi connectivity index (χ4n) is 6.01. The van der Waals surface area contributed by atoms with Gasteiger partial charge in [-0.2, -0.15) is 0 Å². The predicted molar refractivity (Wildman–Crippen MR) is 189 cm³/mol. The first-order chi connectivity index (χ1) is 21.3. The average Bonchev–Trinajstić information content (AvgIpc) is 2.96. The van der Waals surface area contributed by atoms with Gasteiger partial charge in [0.15, 0.2) is 6.10 Å². The molecular weight excluding hydrogens is 626 g/mol. The number of ether oxygens (including phenoxy) is 2. The highest BCUT2D eigenvalue weighted by atomic mass is 79.9. The lowest BCUT2D eigenvalue weighted by Gasteiger charge is -2.28. The Labute approximate surface area is 292 Å². The van der Waals surface area contributed by atoms with Crippen LogP contribution in [-0.4, -0.2) is 56.8 Å². The fraction of sp³-hybridized carbons (Fsp3) is 0.949. The molecule has 0 aromatic heterocycles. The molecule has 0 fully saturated rings. The maximum atomic E-state index is 12.5. The van der Waals surface area contributed by atoms with Crippen molar-refractivity contribution in [3.05, 3.63) is 0 Å². The van der Waals surface area contributed by atoms with Crippen molar-refractivity contribution in [3.8, 4) is 0 Å². The smallest absolute Gasteiger partial charge is 0.309 e. The minimum atomic E-state index is -0.423. The lowest BCUT2D eigenvalue weighted by Crippen LogP contribution is -3.00. The highest BCUT2D eigenvalue weighted by molar-refractivity contribution is 5.72. The molecule has 0 saturated carbocycles. The molecule has 1 atom stereocenters. The largest absolute Gasteiger partial charge is 1.00 e. The summed E-state index contributed by atoms with van der Waals surface area (Å²) < 4.78 is 11.9. The lowest BCUT2D eigenvalue weighted by molar-refractivity contribution is -0.873. The third-order valence-electron chi connectivity index (χ3n) is 8.69. The van der Waals surface area contributed by atoms with Gasteiger partial charge in [-0.3, -0.25) is 9.59 Å². The van der Waals surface area contributed by atoms with E-state index in [1.165, 1.54) is 148 Å². The Bertz CT molecular complexity index is 637. The molecule has 0 amide bonds. The van der Waals surface area contributed by atoms with E-state index >= 15 is 0 Å². The summed E-state index contributed by atoms with van der Waals surface area (Å²) in [6, 6.07) is 0. The zero-order valence-electron chi connectivity index (χ0n) is 31.0. The van der Waals surface area contributed by atoms with Crippen molar-refractivity contribution in [2.24, 2.45) is 0 Å². The van der Waals surface area contributed by atoms with E-state index in [1.54, 1.807) is 0 Å². The van der Waals surface area contributed by atoms with Gasteiger partial charge in [0.05, 0.1) is 34.2 Å². The summed E-state index contributed by atoms with van der Waals surface area (Å²) in [7, 11) is 6.19. The third kappa shape index (κ3) is 37.7. The molecule has 270 valence electrons. The van der Waals surface area contributed by atoms with E-state index in [1.807, 2.05) is 0 Å². The minimum Gasteiger partial charge on any atom is -1.00 e. The first-order valence-corrected chi connectivity index (χ1v) is 19.4. The average molecular weight is 705 g/mol. The van der Waals surface area contributed by atoms with Crippen LogP contribution in [0.3, 0.4) is 0 Å². The van der Waals surface area contributed by atoms with Crippen LogP contribution in [0.4, 0.5) is 0 Å². The minimum absolute atomic E-state index is 0. The van der Waals surface area contributed by atoms with E-state index in [9.17, 15) is 9.59 Å². The molecule has 0 radical (unpaired) electrons. The molecule has 0 aliphatic rings. The fourth-order valence-corrected chi connectivity index (χ4v) is 6.01. The number of carbonyl (C=O) groups is 2. The van der Waals surface area contributed by atoms with Crippen LogP contribution in [0.15, 0.2) is 0 Å². The van der Waals surface area contributed by atoms with Gasteiger partial charge in [-0.15, -0.1) is 0 Å². The van der Waals surface area contributed by atoms with E-state index in [2.05, 4.69) is 35.0 Å². The summed E-state index contributed by atoms with van der Waals surface area (Å²) in [4.78, 5) is 25.1. The second-order valence-corrected chi connectivity index (χ2v) is 14.6. The number of quaternary nitrogens is 1. The van der Waals surface area contributed by atoms with Crippen LogP contribution in [0.1, 0.15) is 200 Å². The third-order valence-corrected chi connectivity index (χ3v) is 8.69. The van der Waals surface area contributed by atoms with Gasteiger partial charge in [-0.25, -0.2) is 0 Å². The Balaban J connectivity index is 0. The second-order valence-electron chi connectivity index (χ2n) is 14.6. The molecule has 0 aromatic carbocycles. The van der Waals surface area contributed by atoms with Gasteiger partial charge in [0.2, 0.25) is 0 Å². The maximum absolute atomic E-state index is 12.5. The van der Waals surface area contributed by atoms with E-state index in [4.69, 9.17) is 9.47 Å². The number of unbranched alkanes of at least 4 members (excludes halogenated alkanes) is 25. The van der Waals surface area contributed by atoms with Gasteiger partial charge in [0.25, 0.3) is 0 Å². The molecule has 1 unspecified atom stereocenters. The van der Waals surface area contributed by atoms with Crippen LogP contribution in [0.5, 0.6) is 0 Å². The van der Waals surface area contributed by atoms with E-state index in [0.717, 1.165) is 25.7 Å². The van der Waals surface area contributed by atoms with Gasteiger partial charge in [-0.1, -0.05) is 174 Å². The van der Waals surface area contributed by atoms with Gasteiger partial charge < -0.3 is 30.9 Å². The van der Waals surface area contributed by atoms with Crippen molar-refractivity contribution >= 4 is 11.9 Å². The number of esters is 2. The van der Waals surface area contributed by atoms with Crippen molar-refractivity contribution in [1.82, 2.24) is 0 Å². The molecule has 0 saturated heterocycles. The molecule has 0 spiro atoms. The summed E-state index contributed by atoms with van der Waals surface area (Å²) in [5, 5.41) is 0. The molecule has 0 heterocycles. The van der Waals surface area contributed by atoms with Crippen LogP contribution in [0, 0.1) is 0 Å². The lowest BCUT2D eigenvalue weighted by atomic mass is 10.0. The molecule has 0 N–H and O–H groups in total. The number of hydrogen-bond acceptors (Lipinski definition) is 4. The van der Waals surface area contributed by atoms with E-state index in [-0.39, 0.29) is 35.3 Å². The zero-order valence-corrected chi connectivity index (χ0v) is 32.5. The number of likely N-dealkylation sites (N-methyl/N-ethyl adjacent to an activating group) is 1. The van der Waals surface area contributed by atoms with Crippen molar-refractivity contribution in [1.29, 1.82) is 0 Å². The highest BCUT2D eigenvalue weighted by Gasteiger charge is 2.25. The number of rotatable bonds is 34. The maximum Gasteiger partial charge on any atom is 0.309 e. The second kappa shape index (κ2) is 34.7. The summed E-state index contributed by atoms with van der Waals surface area (Å²) >= 11 is 0.